The normalized spacial score (nSPS) is 10.5. The minimum absolute atomic E-state index is 0.0785. The van der Waals surface area contributed by atoms with Gasteiger partial charge in [0, 0.05) is 26.3 Å². The Morgan fingerprint density at radius 1 is 1.09 bits per heavy atom. The molecule has 2 amide bonds. The fraction of sp³-hybridized carbons (Fsp3) is 0.348. The van der Waals surface area contributed by atoms with E-state index < -0.39 is 23.4 Å². The van der Waals surface area contributed by atoms with Gasteiger partial charge in [-0.05, 0) is 30.2 Å². The van der Waals surface area contributed by atoms with E-state index in [2.05, 4.69) is 16.0 Å². The molecule has 0 radical (unpaired) electrons. The highest BCUT2D eigenvalue weighted by Crippen LogP contribution is 2.26. The summed E-state index contributed by atoms with van der Waals surface area (Å²) >= 11 is 0. The molecule has 0 saturated heterocycles. The number of methoxy groups -OCH3 is 1. The maximum absolute atomic E-state index is 12.4. The number of nitro groups is 1. The SMILES string of the molecule is COCCNc1ccc(C(=O)OCC(=O)Nc2ccccc2C(=O)NCC(C)C)cc1[N+](=O)[O-]. The van der Waals surface area contributed by atoms with Crippen LogP contribution in [-0.2, 0) is 14.3 Å². The van der Waals surface area contributed by atoms with Crippen LogP contribution in [0, 0.1) is 16.0 Å². The van der Waals surface area contributed by atoms with E-state index in [4.69, 9.17) is 9.47 Å². The average Bonchev–Trinajstić information content (AvgIpc) is 2.81. The van der Waals surface area contributed by atoms with Crippen molar-refractivity contribution in [1.82, 2.24) is 5.32 Å². The fourth-order valence-corrected chi connectivity index (χ4v) is 2.83. The molecule has 0 spiro atoms. The van der Waals surface area contributed by atoms with Crippen LogP contribution in [0.25, 0.3) is 0 Å². The van der Waals surface area contributed by atoms with Crippen LogP contribution in [0.4, 0.5) is 17.1 Å². The lowest BCUT2D eigenvalue weighted by Gasteiger charge is -2.13. The maximum Gasteiger partial charge on any atom is 0.338 e. The first-order chi connectivity index (χ1) is 16.2. The van der Waals surface area contributed by atoms with E-state index in [0.717, 1.165) is 6.07 Å². The first kappa shape index (κ1) is 26.3. The van der Waals surface area contributed by atoms with Crippen molar-refractivity contribution in [2.75, 3.05) is 44.0 Å². The third-order valence-corrected chi connectivity index (χ3v) is 4.50. The molecule has 0 aliphatic carbocycles. The lowest BCUT2D eigenvalue weighted by Crippen LogP contribution is -2.29. The highest BCUT2D eigenvalue weighted by molar-refractivity contribution is 6.04. The summed E-state index contributed by atoms with van der Waals surface area (Å²) < 4.78 is 9.90. The number of anilines is 2. The van der Waals surface area contributed by atoms with Crippen LogP contribution in [0.15, 0.2) is 42.5 Å². The van der Waals surface area contributed by atoms with E-state index in [1.54, 1.807) is 24.3 Å². The molecule has 3 N–H and O–H groups in total. The van der Waals surface area contributed by atoms with Gasteiger partial charge in [0.15, 0.2) is 6.61 Å². The Kier molecular flexibility index (Phi) is 9.96. The molecule has 0 saturated carbocycles. The van der Waals surface area contributed by atoms with Gasteiger partial charge in [0.1, 0.15) is 5.69 Å². The minimum Gasteiger partial charge on any atom is -0.452 e. The highest BCUT2D eigenvalue weighted by atomic mass is 16.6. The van der Waals surface area contributed by atoms with Gasteiger partial charge in [-0.25, -0.2) is 4.79 Å². The van der Waals surface area contributed by atoms with Crippen molar-refractivity contribution in [3.8, 4) is 0 Å². The second-order valence-corrected chi connectivity index (χ2v) is 7.68. The van der Waals surface area contributed by atoms with Gasteiger partial charge in [-0.2, -0.15) is 0 Å². The quantitative estimate of drug-likeness (QED) is 0.185. The predicted molar refractivity (Wildman–Crippen MR) is 126 cm³/mol. The number of carbonyl (C=O) groups is 3. The van der Waals surface area contributed by atoms with E-state index in [9.17, 15) is 24.5 Å². The van der Waals surface area contributed by atoms with Crippen LogP contribution in [0.3, 0.4) is 0 Å². The van der Waals surface area contributed by atoms with Crippen molar-refractivity contribution >= 4 is 34.8 Å². The molecule has 0 atom stereocenters. The van der Waals surface area contributed by atoms with Crippen LogP contribution in [-0.4, -0.2) is 56.1 Å². The lowest BCUT2D eigenvalue weighted by atomic mass is 10.1. The number of hydrogen-bond acceptors (Lipinski definition) is 8. The molecule has 34 heavy (non-hydrogen) atoms. The van der Waals surface area contributed by atoms with Gasteiger partial charge in [-0.15, -0.1) is 0 Å². The van der Waals surface area contributed by atoms with E-state index in [1.807, 2.05) is 13.8 Å². The number of hydrogen-bond donors (Lipinski definition) is 3. The molecule has 11 heteroatoms. The number of carbonyl (C=O) groups excluding carboxylic acids is 3. The smallest absolute Gasteiger partial charge is 0.338 e. The molecule has 2 aromatic carbocycles. The standard InChI is InChI=1S/C23H28N4O7/c1-15(2)13-25-22(29)17-6-4-5-7-18(17)26-21(28)14-34-23(30)16-8-9-19(24-10-11-33-3)20(12-16)27(31)32/h4-9,12,15,24H,10-11,13-14H2,1-3H3,(H,25,29)(H,26,28). The second-order valence-electron chi connectivity index (χ2n) is 7.68. The van der Waals surface area contributed by atoms with Crippen LogP contribution in [0.1, 0.15) is 34.6 Å². The van der Waals surface area contributed by atoms with Crippen LogP contribution < -0.4 is 16.0 Å². The highest BCUT2D eigenvalue weighted by Gasteiger charge is 2.19. The first-order valence-electron chi connectivity index (χ1n) is 10.6. The number of nitrogens with one attached hydrogen (secondary N) is 3. The number of esters is 1. The van der Waals surface area contributed by atoms with Crippen molar-refractivity contribution in [1.29, 1.82) is 0 Å². The zero-order valence-electron chi connectivity index (χ0n) is 19.3. The molecule has 2 rings (SSSR count). The van der Waals surface area contributed by atoms with Crippen LogP contribution in [0.5, 0.6) is 0 Å². The van der Waals surface area contributed by atoms with Crippen molar-refractivity contribution < 1.29 is 28.8 Å². The minimum atomic E-state index is -0.898. The Morgan fingerprint density at radius 2 is 1.82 bits per heavy atom. The Morgan fingerprint density at radius 3 is 2.50 bits per heavy atom. The Hall–Kier alpha value is -3.99. The predicted octanol–water partition coefficient (Wildman–Crippen LogP) is 2.83. The summed E-state index contributed by atoms with van der Waals surface area (Å²) in [5.74, 6) is -1.64. The van der Waals surface area contributed by atoms with E-state index in [1.165, 1.54) is 19.2 Å². The van der Waals surface area contributed by atoms with E-state index in [0.29, 0.717) is 19.7 Å². The van der Waals surface area contributed by atoms with E-state index >= 15 is 0 Å². The Bertz CT molecular complexity index is 1040. The molecule has 0 aliphatic heterocycles. The lowest BCUT2D eigenvalue weighted by molar-refractivity contribution is -0.384. The van der Waals surface area contributed by atoms with Gasteiger partial charge < -0.3 is 25.4 Å². The second kappa shape index (κ2) is 12.9. The summed E-state index contributed by atoms with van der Waals surface area (Å²) in [6.45, 7) is 4.45. The summed E-state index contributed by atoms with van der Waals surface area (Å²) in [5.41, 5.74) is 0.382. The van der Waals surface area contributed by atoms with Crippen molar-refractivity contribution in [3.05, 3.63) is 63.7 Å². The van der Waals surface area contributed by atoms with Gasteiger partial charge in [0.25, 0.3) is 17.5 Å². The van der Waals surface area contributed by atoms with Gasteiger partial charge in [-0.1, -0.05) is 26.0 Å². The van der Waals surface area contributed by atoms with Crippen molar-refractivity contribution in [3.63, 3.8) is 0 Å². The summed E-state index contributed by atoms with van der Waals surface area (Å²) in [7, 11) is 1.51. The summed E-state index contributed by atoms with van der Waals surface area (Å²) in [6, 6.07) is 10.3. The summed E-state index contributed by atoms with van der Waals surface area (Å²) in [4.78, 5) is 47.8. The number of para-hydroxylation sites is 1. The van der Waals surface area contributed by atoms with Crippen molar-refractivity contribution in [2.45, 2.75) is 13.8 Å². The van der Waals surface area contributed by atoms with Gasteiger partial charge in [-0.3, -0.25) is 19.7 Å². The van der Waals surface area contributed by atoms with Gasteiger partial charge in [0.05, 0.1) is 28.3 Å². The number of nitro benzene ring substituents is 1. The fourth-order valence-electron chi connectivity index (χ4n) is 2.83. The number of rotatable bonds is 12. The third kappa shape index (κ3) is 7.85. The van der Waals surface area contributed by atoms with Crippen LogP contribution in [0.2, 0.25) is 0 Å². The number of benzene rings is 2. The van der Waals surface area contributed by atoms with Gasteiger partial charge in [0.2, 0.25) is 0 Å². The molecular weight excluding hydrogens is 444 g/mol. The van der Waals surface area contributed by atoms with Gasteiger partial charge >= 0.3 is 5.97 Å². The topological polar surface area (TPSA) is 149 Å². The molecule has 0 bridgehead atoms. The maximum atomic E-state index is 12.4. The van der Waals surface area contributed by atoms with E-state index in [-0.39, 0.29) is 40.0 Å². The molecule has 0 unspecified atom stereocenters. The first-order valence-corrected chi connectivity index (χ1v) is 10.6. The number of nitrogens with zero attached hydrogens (tertiary/aromatic N) is 1. The zero-order chi connectivity index (χ0) is 25.1. The molecule has 0 aromatic heterocycles. The average molecular weight is 472 g/mol. The molecule has 182 valence electrons. The largest absolute Gasteiger partial charge is 0.452 e. The Balaban J connectivity index is 2.01. The van der Waals surface area contributed by atoms with Crippen molar-refractivity contribution in [2.24, 2.45) is 5.92 Å². The number of ether oxygens (including phenoxy) is 2. The zero-order valence-corrected chi connectivity index (χ0v) is 19.3. The Labute approximate surface area is 197 Å². The van der Waals surface area contributed by atoms with Crippen LogP contribution >= 0.6 is 0 Å². The molecule has 2 aromatic rings. The third-order valence-electron chi connectivity index (χ3n) is 4.50. The summed E-state index contributed by atoms with van der Waals surface area (Å²) in [6.07, 6.45) is 0. The number of amides is 2. The monoisotopic (exact) mass is 472 g/mol. The molecule has 0 aliphatic rings. The molecule has 11 nitrogen and oxygen atoms in total. The molecule has 0 heterocycles. The molecular formula is C23H28N4O7. The molecule has 0 fully saturated rings. The summed E-state index contributed by atoms with van der Waals surface area (Å²) in [5, 5.41) is 19.5.